The van der Waals surface area contributed by atoms with Crippen LogP contribution in [0.4, 0.5) is 17.6 Å². The van der Waals surface area contributed by atoms with Gasteiger partial charge in [0.2, 0.25) is 0 Å². The van der Waals surface area contributed by atoms with E-state index in [1.165, 1.54) is 12.1 Å². The molecular weight excluding hydrogens is 408 g/mol. The van der Waals surface area contributed by atoms with Crippen LogP contribution in [0.1, 0.15) is 75.0 Å². The summed E-state index contributed by atoms with van der Waals surface area (Å²) < 4.78 is 62.5. The predicted molar refractivity (Wildman–Crippen MR) is 114 cm³/mol. The van der Waals surface area contributed by atoms with Gasteiger partial charge in [0.25, 0.3) is 0 Å². The molecule has 172 valence electrons. The zero-order valence-electron chi connectivity index (χ0n) is 18.1. The fourth-order valence-electron chi connectivity index (χ4n) is 3.52. The van der Waals surface area contributed by atoms with Gasteiger partial charge in [-0.05, 0) is 67.5 Å². The monoisotopic (exact) mass is 440 g/mol. The SMILES string of the molecule is CCCCCCc1cc(F)c(C(F)(F)Oc2ccc(CCCCCCO)cc2)c(F)c1. The lowest BCUT2D eigenvalue weighted by atomic mass is 10.0. The van der Waals surface area contributed by atoms with E-state index >= 15 is 0 Å². The molecule has 31 heavy (non-hydrogen) atoms. The highest BCUT2D eigenvalue weighted by Crippen LogP contribution is 2.35. The molecule has 0 bridgehead atoms. The summed E-state index contributed by atoms with van der Waals surface area (Å²) >= 11 is 0. The molecule has 0 atom stereocenters. The molecule has 1 N–H and O–H groups in total. The summed E-state index contributed by atoms with van der Waals surface area (Å²) in [4.78, 5) is 0. The Hall–Kier alpha value is -2.08. The van der Waals surface area contributed by atoms with E-state index in [0.717, 1.165) is 75.5 Å². The van der Waals surface area contributed by atoms with Crippen LogP contribution in [0.25, 0.3) is 0 Å². The summed E-state index contributed by atoms with van der Waals surface area (Å²) in [5, 5.41) is 8.77. The number of halogens is 4. The molecule has 0 aliphatic carbocycles. The minimum Gasteiger partial charge on any atom is -0.429 e. The quantitative estimate of drug-likeness (QED) is 0.246. The fraction of sp³-hybridized carbons (Fsp3) is 0.520. The summed E-state index contributed by atoms with van der Waals surface area (Å²) in [5.41, 5.74) is -0.0313. The Morgan fingerprint density at radius 2 is 1.32 bits per heavy atom. The maximum Gasteiger partial charge on any atom is 0.432 e. The van der Waals surface area contributed by atoms with Crippen LogP contribution in [-0.2, 0) is 19.0 Å². The van der Waals surface area contributed by atoms with Gasteiger partial charge in [-0.2, -0.15) is 8.78 Å². The van der Waals surface area contributed by atoms with Crippen molar-refractivity contribution in [2.45, 2.75) is 77.2 Å². The summed E-state index contributed by atoms with van der Waals surface area (Å²) in [6, 6.07) is 8.06. The van der Waals surface area contributed by atoms with Gasteiger partial charge in [-0.25, -0.2) is 8.78 Å². The number of hydrogen-bond acceptors (Lipinski definition) is 2. The van der Waals surface area contributed by atoms with E-state index in [4.69, 9.17) is 5.11 Å². The Kier molecular flexibility index (Phi) is 10.3. The van der Waals surface area contributed by atoms with E-state index in [0.29, 0.717) is 12.0 Å². The van der Waals surface area contributed by atoms with Crippen molar-refractivity contribution in [3.05, 3.63) is 64.7 Å². The molecule has 0 amide bonds. The van der Waals surface area contributed by atoms with Gasteiger partial charge in [-0.3, -0.25) is 0 Å². The predicted octanol–water partition coefficient (Wildman–Crippen LogP) is 7.31. The third-order valence-electron chi connectivity index (χ3n) is 5.25. The molecule has 2 rings (SSSR count). The molecule has 0 aliphatic heterocycles. The molecule has 0 saturated carbocycles. The van der Waals surface area contributed by atoms with E-state index in [1.54, 1.807) is 12.1 Å². The van der Waals surface area contributed by atoms with Gasteiger partial charge in [0.15, 0.2) is 0 Å². The zero-order chi connectivity index (χ0) is 22.7. The van der Waals surface area contributed by atoms with E-state index in [-0.39, 0.29) is 12.4 Å². The Bertz CT molecular complexity index is 768. The number of hydrogen-bond donors (Lipinski definition) is 1. The Morgan fingerprint density at radius 3 is 1.90 bits per heavy atom. The van der Waals surface area contributed by atoms with E-state index in [1.807, 2.05) is 0 Å². The molecule has 2 aromatic carbocycles. The second-order valence-corrected chi connectivity index (χ2v) is 7.90. The number of benzene rings is 2. The van der Waals surface area contributed by atoms with Crippen molar-refractivity contribution >= 4 is 0 Å². The van der Waals surface area contributed by atoms with Crippen molar-refractivity contribution in [1.29, 1.82) is 0 Å². The first kappa shape index (κ1) is 25.2. The molecular formula is C25H32F4O2. The van der Waals surface area contributed by atoms with Crippen molar-refractivity contribution in [2.75, 3.05) is 6.61 Å². The first-order valence-corrected chi connectivity index (χ1v) is 11.1. The number of aliphatic hydroxyl groups is 1. The molecule has 0 heterocycles. The molecule has 0 aliphatic rings. The van der Waals surface area contributed by atoms with Crippen LogP contribution in [0.3, 0.4) is 0 Å². The number of rotatable bonds is 14. The number of aliphatic hydroxyl groups excluding tert-OH is 1. The molecule has 0 saturated heterocycles. The van der Waals surface area contributed by atoms with Gasteiger partial charge in [0.1, 0.15) is 22.9 Å². The maximum absolute atomic E-state index is 14.5. The Balaban J connectivity index is 1.99. The van der Waals surface area contributed by atoms with Crippen LogP contribution in [0, 0.1) is 11.6 Å². The smallest absolute Gasteiger partial charge is 0.429 e. The highest BCUT2D eigenvalue weighted by atomic mass is 19.3. The largest absolute Gasteiger partial charge is 0.432 e. The van der Waals surface area contributed by atoms with E-state index in [9.17, 15) is 17.6 Å². The number of alkyl halides is 2. The molecule has 0 spiro atoms. The standard InChI is InChI=1S/C25H32F4O2/c1-2-3-4-7-11-20-17-22(26)24(23(27)18-20)25(28,29)31-21-14-12-19(13-15-21)10-8-5-6-9-16-30/h12-15,17-18,30H,2-11,16H2,1H3. The second kappa shape index (κ2) is 12.7. The van der Waals surface area contributed by atoms with Gasteiger partial charge in [0.05, 0.1) is 0 Å². The lowest BCUT2D eigenvalue weighted by Crippen LogP contribution is -2.25. The van der Waals surface area contributed by atoms with E-state index in [2.05, 4.69) is 11.7 Å². The van der Waals surface area contributed by atoms with Crippen LogP contribution in [-0.4, -0.2) is 11.7 Å². The fourth-order valence-corrected chi connectivity index (χ4v) is 3.52. The lowest BCUT2D eigenvalue weighted by molar-refractivity contribution is -0.189. The van der Waals surface area contributed by atoms with Crippen LogP contribution in [0.2, 0.25) is 0 Å². The first-order valence-electron chi connectivity index (χ1n) is 11.1. The molecule has 6 heteroatoms. The van der Waals surface area contributed by atoms with Crippen molar-refractivity contribution in [3.8, 4) is 5.75 Å². The lowest BCUT2D eigenvalue weighted by Gasteiger charge is -2.20. The molecule has 2 nitrogen and oxygen atoms in total. The summed E-state index contributed by atoms with van der Waals surface area (Å²) in [6.07, 6.45) is 4.48. The van der Waals surface area contributed by atoms with Gasteiger partial charge >= 0.3 is 6.11 Å². The molecule has 0 radical (unpaired) electrons. The molecule has 0 aromatic heterocycles. The number of ether oxygens (including phenoxy) is 1. The van der Waals surface area contributed by atoms with Gasteiger partial charge in [-0.1, -0.05) is 51.2 Å². The minimum absolute atomic E-state index is 0.156. The van der Waals surface area contributed by atoms with E-state index < -0.39 is 23.3 Å². The highest BCUT2D eigenvalue weighted by molar-refractivity contribution is 5.32. The summed E-state index contributed by atoms with van der Waals surface area (Å²) in [6.45, 7) is 2.24. The van der Waals surface area contributed by atoms with Gasteiger partial charge < -0.3 is 9.84 Å². The van der Waals surface area contributed by atoms with Crippen molar-refractivity contribution in [2.24, 2.45) is 0 Å². The van der Waals surface area contributed by atoms with Gasteiger partial charge in [-0.15, -0.1) is 0 Å². The first-order chi connectivity index (χ1) is 14.9. The van der Waals surface area contributed by atoms with Gasteiger partial charge in [0, 0.05) is 6.61 Å². The Morgan fingerprint density at radius 1 is 0.774 bits per heavy atom. The molecule has 2 aromatic rings. The molecule has 0 fully saturated rings. The summed E-state index contributed by atoms with van der Waals surface area (Å²) in [5.74, 6) is -2.75. The second-order valence-electron chi connectivity index (χ2n) is 7.90. The third-order valence-corrected chi connectivity index (χ3v) is 5.25. The molecule has 0 unspecified atom stereocenters. The summed E-state index contributed by atoms with van der Waals surface area (Å²) in [7, 11) is 0. The third kappa shape index (κ3) is 8.17. The van der Waals surface area contributed by atoms with Crippen LogP contribution < -0.4 is 4.74 Å². The number of aryl methyl sites for hydroxylation is 2. The average Bonchev–Trinajstić information content (AvgIpc) is 2.71. The maximum atomic E-state index is 14.5. The van der Waals surface area contributed by atoms with Crippen molar-refractivity contribution in [3.63, 3.8) is 0 Å². The van der Waals surface area contributed by atoms with Crippen LogP contribution in [0.15, 0.2) is 36.4 Å². The Labute approximate surface area is 182 Å². The van der Waals surface area contributed by atoms with Crippen LogP contribution >= 0.6 is 0 Å². The average molecular weight is 441 g/mol. The van der Waals surface area contributed by atoms with Crippen molar-refractivity contribution in [1.82, 2.24) is 0 Å². The number of unbranched alkanes of at least 4 members (excludes halogenated alkanes) is 6. The normalized spacial score (nSPS) is 11.7. The van der Waals surface area contributed by atoms with Crippen LogP contribution in [0.5, 0.6) is 5.75 Å². The zero-order valence-corrected chi connectivity index (χ0v) is 18.1. The highest BCUT2D eigenvalue weighted by Gasteiger charge is 2.41. The van der Waals surface area contributed by atoms with Crippen molar-refractivity contribution < 1.29 is 27.4 Å². The minimum atomic E-state index is -4.12. The topological polar surface area (TPSA) is 29.5 Å².